The van der Waals surface area contributed by atoms with Crippen molar-refractivity contribution in [1.82, 2.24) is 9.55 Å². The average molecular weight is 405 g/mol. The molecule has 0 N–H and O–H groups in total. The van der Waals surface area contributed by atoms with Gasteiger partial charge in [-0.15, -0.1) is 0 Å². The van der Waals surface area contributed by atoms with Crippen molar-refractivity contribution >= 4 is 23.4 Å². The van der Waals surface area contributed by atoms with E-state index in [4.69, 9.17) is 4.74 Å². The second-order valence-electron chi connectivity index (χ2n) is 6.50. The van der Waals surface area contributed by atoms with Crippen LogP contribution in [0.5, 0.6) is 0 Å². The van der Waals surface area contributed by atoms with Crippen LogP contribution in [0.2, 0.25) is 0 Å². The Bertz CT molecular complexity index is 1260. The lowest BCUT2D eigenvalue weighted by atomic mass is 9.96. The zero-order valence-corrected chi connectivity index (χ0v) is 16.8. The maximum atomic E-state index is 13.3. The van der Waals surface area contributed by atoms with Crippen LogP contribution in [0.15, 0.2) is 75.9 Å². The van der Waals surface area contributed by atoms with Crippen molar-refractivity contribution in [2.45, 2.75) is 19.9 Å². The highest BCUT2D eigenvalue weighted by Crippen LogP contribution is 2.30. The molecule has 0 fully saturated rings. The summed E-state index contributed by atoms with van der Waals surface area (Å²) >= 11 is 1.30. The van der Waals surface area contributed by atoms with Crippen LogP contribution < -0.4 is 14.9 Å². The minimum absolute atomic E-state index is 0.194. The molecule has 4 rings (SSSR count). The highest BCUT2D eigenvalue weighted by molar-refractivity contribution is 7.07. The SMILES string of the molecule is CCOC(=O)C1=C(C)N=c2s/c(=C/c3cccnc3)c(=O)n2[C@@H]1c1ccccc1. The summed E-state index contributed by atoms with van der Waals surface area (Å²) in [5, 5.41) is 0. The van der Waals surface area contributed by atoms with Crippen LogP contribution in [-0.4, -0.2) is 22.1 Å². The van der Waals surface area contributed by atoms with Crippen LogP contribution in [0.25, 0.3) is 6.08 Å². The zero-order valence-electron chi connectivity index (χ0n) is 16.0. The number of nitrogens with zero attached hydrogens (tertiary/aromatic N) is 3. The molecule has 0 aliphatic carbocycles. The number of hydrogen-bond donors (Lipinski definition) is 0. The van der Waals surface area contributed by atoms with Gasteiger partial charge in [-0.1, -0.05) is 47.7 Å². The number of fused-ring (bicyclic) bond motifs is 1. The van der Waals surface area contributed by atoms with E-state index in [0.717, 1.165) is 11.1 Å². The molecule has 6 nitrogen and oxygen atoms in total. The third kappa shape index (κ3) is 3.56. The summed E-state index contributed by atoms with van der Waals surface area (Å²) in [6.45, 7) is 3.79. The Morgan fingerprint density at radius 3 is 2.72 bits per heavy atom. The van der Waals surface area contributed by atoms with Gasteiger partial charge in [0, 0.05) is 12.4 Å². The van der Waals surface area contributed by atoms with Crippen molar-refractivity contribution in [3.8, 4) is 0 Å². The molecule has 2 aromatic heterocycles. The summed E-state index contributed by atoms with van der Waals surface area (Å²) < 4.78 is 7.40. The molecule has 3 aromatic rings. The van der Waals surface area contributed by atoms with Gasteiger partial charge in [-0.3, -0.25) is 14.3 Å². The molecule has 3 heterocycles. The predicted molar refractivity (Wildman–Crippen MR) is 111 cm³/mol. The standard InChI is InChI=1S/C22H19N3O3S/c1-3-28-21(27)18-14(2)24-22-25(19(18)16-9-5-4-6-10-16)20(26)17(29-22)12-15-8-7-11-23-13-15/h4-13,19H,3H2,1-2H3/b17-12+/t19-/m1/s1. The lowest BCUT2D eigenvalue weighted by Gasteiger charge is -2.24. The van der Waals surface area contributed by atoms with Gasteiger partial charge in [0.15, 0.2) is 4.80 Å². The molecule has 0 saturated carbocycles. The van der Waals surface area contributed by atoms with E-state index >= 15 is 0 Å². The lowest BCUT2D eigenvalue weighted by molar-refractivity contribution is -0.139. The molecule has 0 spiro atoms. The fourth-order valence-corrected chi connectivity index (χ4v) is 4.40. The first-order chi connectivity index (χ1) is 14.1. The van der Waals surface area contributed by atoms with E-state index in [9.17, 15) is 9.59 Å². The molecular weight excluding hydrogens is 386 g/mol. The summed E-state index contributed by atoms with van der Waals surface area (Å²) in [6, 6.07) is 12.6. The Morgan fingerprint density at radius 1 is 1.24 bits per heavy atom. The van der Waals surface area contributed by atoms with Gasteiger partial charge in [0.1, 0.15) is 0 Å². The number of rotatable bonds is 4. The summed E-state index contributed by atoms with van der Waals surface area (Å²) in [6.07, 6.45) is 5.17. The van der Waals surface area contributed by atoms with Crippen molar-refractivity contribution in [2.75, 3.05) is 6.61 Å². The van der Waals surface area contributed by atoms with Crippen molar-refractivity contribution in [1.29, 1.82) is 0 Å². The molecule has 1 aromatic carbocycles. The molecule has 7 heteroatoms. The molecule has 1 atom stereocenters. The van der Waals surface area contributed by atoms with E-state index in [-0.39, 0.29) is 12.2 Å². The van der Waals surface area contributed by atoms with Gasteiger partial charge < -0.3 is 4.74 Å². The molecule has 146 valence electrons. The highest BCUT2D eigenvalue weighted by Gasteiger charge is 2.33. The maximum absolute atomic E-state index is 13.3. The lowest BCUT2D eigenvalue weighted by Crippen LogP contribution is -2.39. The van der Waals surface area contributed by atoms with Crippen molar-refractivity contribution in [2.24, 2.45) is 4.99 Å². The number of aromatic nitrogens is 2. The Kier molecular flexibility index (Phi) is 5.22. The monoisotopic (exact) mass is 405 g/mol. The summed E-state index contributed by atoms with van der Waals surface area (Å²) in [5.41, 5.74) is 2.42. The number of benzene rings is 1. The first-order valence-electron chi connectivity index (χ1n) is 9.24. The Morgan fingerprint density at radius 2 is 2.03 bits per heavy atom. The topological polar surface area (TPSA) is 73.6 Å². The minimum Gasteiger partial charge on any atom is -0.463 e. The number of carbonyl (C=O) groups excluding carboxylic acids is 1. The van der Waals surface area contributed by atoms with Crippen LogP contribution in [-0.2, 0) is 9.53 Å². The fourth-order valence-electron chi connectivity index (χ4n) is 3.35. The Hall–Kier alpha value is -3.32. The van der Waals surface area contributed by atoms with Gasteiger partial charge in [-0.05, 0) is 37.1 Å². The number of thiazole rings is 1. The van der Waals surface area contributed by atoms with Gasteiger partial charge in [0.2, 0.25) is 0 Å². The smallest absolute Gasteiger partial charge is 0.338 e. The number of allylic oxidation sites excluding steroid dienone is 1. The normalized spacial score (nSPS) is 16.3. The average Bonchev–Trinajstić information content (AvgIpc) is 3.03. The van der Waals surface area contributed by atoms with E-state index in [1.54, 1.807) is 36.9 Å². The molecule has 1 aliphatic heterocycles. The minimum atomic E-state index is -0.581. The van der Waals surface area contributed by atoms with Gasteiger partial charge in [0.25, 0.3) is 5.56 Å². The Labute approximate surface area is 171 Å². The fraction of sp³-hybridized carbons (Fsp3) is 0.182. The van der Waals surface area contributed by atoms with Crippen LogP contribution in [0.4, 0.5) is 0 Å². The van der Waals surface area contributed by atoms with Crippen molar-refractivity contribution < 1.29 is 9.53 Å². The molecule has 29 heavy (non-hydrogen) atoms. The molecule has 0 saturated heterocycles. The van der Waals surface area contributed by atoms with E-state index in [2.05, 4.69) is 9.98 Å². The molecule has 0 bridgehead atoms. The van der Waals surface area contributed by atoms with Crippen LogP contribution in [0, 0.1) is 0 Å². The van der Waals surface area contributed by atoms with Crippen LogP contribution in [0.3, 0.4) is 0 Å². The number of carbonyl (C=O) groups is 1. The van der Waals surface area contributed by atoms with Crippen molar-refractivity contribution in [3.05, 3.63) is 96.9 Å². The van der Waals surface area contributed by atoms with Gasteiger partial charge in [-0.25, -0.2) is 9.79 Å². The zero-order chi connectivity index (χ0) is 20.4. The van der Waals surface area contributed by atoms with Crippen molar-refractivity contribution in [3.63, 3.8) is 0 Å². The summed E-state index contributed by atoms with van der Waals surface area (Å²) in [4.78, 5) is 35.3. The number of esters is 1. The first-order valence-corrected chi connectivity index (χ1v) is 10.1. The quantitative estimate of drug-likeness (QED) is 0.624. The molecular formula is C22H19N3O3S. The van der Waals surface area contributed by atoms with Crippen LogP contribution >= 0.6 is 11.3 Å². The third-order valence-electron chi connectivity index (χ3n) is 4.61. The van der Waals surface area contributed by atoms with E-state index in [1.807, 2.05) is 42.5 Å². The largest absolute Gasteiger partial charge is 0.463 e. The maximum Gasteiger partial charge on any atom is 0.338 e. The number of hydrogen-bond acceptors (Lipinski definition) is 6. The van der Waals surface area contributed by atoms with E-state index < -0.39 is 12.0 Å². The van der Waals surface area contributed by atoms with Gasteiger partial charge in [0.05, 0.1) is 28.5 Å². The van der Waals surface area contributed by atoms with Crippen LogP contribution in [0.1, 0.15) is 31.0 Å². The predicted octanol–water partition coefficient (Wildman–Crippen LogP) is 2.19. The van der Waals surface area contributed by atoms with Gasteiger partial charge >= 0.3 is 5.97 Å². The molecule has 0 radical (unpaired) electrons. The number of pyridine rings is 1. The second kappa shape index (κ2) is 7.97. The third-order valence-corrected chi connectivity index (χ3v) is 5.60. The second-order valence-corrected chi connectivity index (χ2v) is 7.51. The highest BCUT2D eigenvalue weighted by atomic mass is 32.1. The molecule has 0 unspecified atom stereocenters. The van der Waals surface area contributed by atoms with E-state index in [0.29, 0.717) is 20.6 Å². The summed E-state index contributed by atoms with van der Waals surface area (Å²) in [5.74, 6) is -0.454. The number of ether oxygens (including phenoxy) is 1. The summed E-state index contributed by atoms with van der Waals surface area (Å²) in [7, 11) is 0. The molecule has 1 aliphatic rings. The first kappa shape index (κ1) is 19.0. The van der Waals surface area contributed by atoms with Gasteiger partial charge in [-0.2, -0.15) is 0 Å². The van der Waals surface area contributed by atoms with E-state index in [1.165, 1.54) is 11.3 Å². The Balaban J connectivity index is 1.96. The molecule has 0 amide bonds.